The summed E-state index contributed by atoms with van der Waals surface area (Å²) in [5.74, 6) is 1.21. The third-order valence-electron chi connectivity index (χ3n) is 6.04. The van der Waals surface area contributed by atoms with E-state index in [2.05, 4.69) is 15.4 Å². The summed E-state index contributed by atoms with van der Waals surface area (Å²) in [5.41, 5.74) is 1.57. The van der Waals surface area contributed by atoms with Crippen LogP contribution in [0.1, 0.15) is 0 Å². The zero-order valence-electron chi connectivity index (χ0n) is 21.4. The van der Waals surface area contributed by atoms with Gasteiger partial charge < -0.3 is 15.4 Å². The summed E-state index contributed by atoms with van der Waals surface area (Å²) in [4.78, 5) is 10.5. The van der Waals surface area contributed by atoms with Crippen molar-refractivity contribution < 1.29 is 18.1 Å². The molecule has 4 aromatic carbocycles. The molecule has 0 radical (unpaired) electrons. The summed E-state index contributed by atoms with van der Waals surface area (Å²) in [6, 6.07) is 28.7. The fourth-order valence-electron chi connectivity index (χ4n) is 4.18. The van der Waals surface area contributed by atoms with Crippen molar-refractivity contribution in [1.29, 1.82) is 0 Å². The van der Waals surface area contributed by atoms with Crippen LogP contribution >= 0.6 is 23.6 Å². The van der Waals surface area contributed by atoms with E-state index in [0.717, 1.165) is 22.1 Å². The van der Waals surface area contributed by atoms with Crippen LogP contribution in [-0.2, 0) is 10.0 Å². The van der Waals surface area contributed by atoms with E-state index >= 15 is 0 Å². The van der Waals surface area contributed by atoms with Crippen LogP contribution in [0.25, 0.3) is 21.9 Å². The number of rotatable bonds is 10. The molecule has 0 saturated heterocycles. The number of thiocarbonyl (C=S) groups is 1. The second-order valence-electron chi connectivity index (χ2n) is 8.78. The minimum Gasteiger partial charge on any atom is -0.456 e. The summed E-state index contributed by atoms with van der Waals surface area (Å²) >= 11 is 6.35. The maximum atomic E-state index is 13.3. The number of thiophene rings is 1. The lowest BCUT2D eigenvalue weighted by Crippen LogP contribution is -2.36. The highest BCUT2D eigenvalue weighted by Crippen LogP contribution is 2.40. The smallest absolute Gasteiger partial charge is 0.271 e. The SMILES string of the molecule is O=[N+]([O-])c1cccc(NC(=S)NCCNS(=O)(=O)c2sccc2-c2ccccc2Oc2cccc3ccccc23)c1. The zero-order valence-corrected chi connectivity index (χ0v) is 23.9. The van der Waals surface area contributed by atoms with Crippen LogP contribution in [-0.4, -0.2) is 31.5 Å². The third-order valence-corrected chi connectivity index (χ3v) is 9.23. The van der Waals surface area contributed by atoms with Gasteiger partial charge in [0.05, 0.1) is 4.92 Å². The van der Waals surface area contributed by atoms with Crippen LogP contribution in [0.3, 0.4) is 0 Å². The minimum absolute atomic E-state index is 0.0601. The molecule has 1 aromatic heterocycles. The Labute approximate surface area is 246 Å². The molecular formula is C29H24N4O5S3. The molecule has 0 saturated carbocycles. The first-order valence-electron chi connectivity index (χ1n) is 12.4. The number of hydrogen-bond acceptors (Lipinski definition) is 7. The Hall–Kier alpha value is -4.36. The van der Waals surface area contributed by atoms with Crippen LogP contribution in [0.4, 0.5) is 11.4 Å². The van der Waals surface area contributed by atoms with E-state index in [1.54, 1.807) is 23.6 Å². The molecule has 0 unspecified atom stereocenters. The molecule has 0 aliphatic heterocycles. The second kappa shape index (κ2) is 12.4. The Balaban J connectivity index is 1.26. The molecule has 41 heavy (non-hydrogen) atoms. The van der Waals surface area contributed by atoms with Crippen molar-refractivity contribution in [2.75, 3.05) is 18.4 Å². The van der Waals surface area contributed by atoms with Gasteiger partial charge in [0.1, 0.15) is 15.7 Å². The summed E-state index contributed by atoms with van der Waals surface area (Å²) in [7, 11) is -3.86. The molecule has 9 nitrogen and oxygen atoms in total. The predicted molar refractivity (Wildman–Crippen MR) is 166 cm³/mol. The molecule has 0 aliphatic carbocycles. The van der Waals surface area contributed by atoms with Crippen molar-refractivity contribution in [1.82, 2.24) is 10.0 Å². The molecule has 5 rings (SSSR count). The molecule has 0 aliphatic rings. The first-order chi connectivity index (χ1) is 19.8. The first kappa shape index (κ1) is 28.2. The Bertz CT molecular complexity index is 1830. The Morgan fingerprint density at radius 2 is 1.61 bits per heavy atom. The average molecular weight is 605 g/mol. The largest absolute Gasteiger partial charge is 0.456 e. The predicted octanol–water partition coefficient (Wildman–Crippen LogP) is 6.53. The number of non-ortho nitro benzene ring substituents is 1. The van der Waals surface area contributed by atoms with Crippen molar-refractivity contribution in [3.63, 3.8) is 0 Å². The number of nitrogens with zero attached hydrogens (tertiary/aromatic N) is 1. The summed E-state index contributed by atoms with van der Waals surface area (Å²) in [6.07, 6.45) is 0. The number of benzene rings is 4. The quantitative estimate of drug-likeness (QED) is 0.0712. The highest BCUT2D eigenvalue weighted by Gasteiger charge is 2.23. The highest BCUT2D eigenvalue weighted by molar-refractivity contribution is 7.91. The van der Waals surface area contributed by atoms with Gasteiger partial charge in [-0.3, -0.25) is 10.1 Å². The van der Waals surface area contributed by atoms with Crippen molar-refractivity contribution >= 4 is 60.8 Å². The van der Waals surface area contributed by atoms with Gasteiger partial charge in [-0.2, -0.15) is 0 Å². The first-order valence-corrected chi connectivity index (χ1v) is 15.2. The molecule has 0 spiro atoms. The van der Waals surface area contributed by atoms with Crippen molar-refractivity contribution in [2.24, 2.45) is 0 Å². The standard InChI is InChI=1S/C29H24N4O5S3/c34-33(35)22-10-6-9-21(19-22)32-29(39)30-16-17-31-41(36,37)28-25(15-18-40-28)24-12-3-4-13-27(24)38-26-14-5-8-20-7-1-2-11-23(20)26/h1-15,18-19,31H,16-17H2,(H2,30,32,39). The van der Waals surface area contributed by atoms with Gasteiger partial charge in [-0.15, -0.1) is 11.3 Å². The van der Waals surface area contributed by atoms with Crippen LogP contribution in [0.15, 0.2) is 107 Å². The van der Waals surface area contributed by atoms with Crippen molar-refractivity contribution in [3.8, 4) is 22.6 Å². The topological polar surface area (TPSA) is 123 Å². The zero-order chi connectivity index (χ0) is 28.8. The maximum Gasteiger partial charge on any atom is 0.271 e. The van der Waals surface area contributed by atoms with Crippen LogP contribution in [0.2, 0.25) is 0 Å². The van der Waals surface area contributed by atoms with Crippen LogP contribution < -0.4 is 20.1 Å². The number of nitro groups is 1. The number of ether oxygens (including phenoxy) is 1. The van der Waals surface area contributed by atoms with Crippen molar-refractivity contribution in [3.05, 3.63) is 113 Å². The Kier molecular flexibility index (Phi) is 8.55. The maximum absolute atomic E-state index is 13.3. The van der Waals surface area contributed by atoms with E-state index in [9.17, 15) is 18.5 Å². The summed E-state index contributed by atoms with van der Waals surface area (Å²) < 4.78 is 35.7. The molecule has 0 atom stereocenters. The molecule has 0 fully saturated rings. The van der Waals surface area contributed by atoms with E-state index in [1.807, 2.05) is 66.7 Å². The Morgan fingerprint density at radius 3 is 2.46 bits per heavy atom. The van der Waals surface area contributed by atoms with E-state index in [0.29, 0.717) is 28.3 Å². The summed E-state index contributed by atoms with van der Waals surface area (Å²) in [5, 5.41) is 20.7. The average Bonchev–Trinajstić information content (AvgIpc) is 3.47. The molecule has 12 heteroatoms. The van der Waals surface area contributed by atoms with Gasteiger partial charge in [-0.1, -0.05) is 60.7 Å². The van der Waals surface area contributed by atoms with Gasteiger partial charge in [-0.25, -0.2) is 13.1 Å². The number of hydrogen-bond donors (Lipinski definition) is 3. The number of fused-ring (bicyclic) bond motifs is 1. The molecule has 208 valence electrons. The monoisotopic (exact) mass is 604 g/mol. The molecule has 1 heterocycles. The van der Waals surface area contributed by atoms with E-state index in [4.69, 9.17) is 17.0 Å². The number of sulfonamides is 1. The lowest BCUT2D eigenvalue weighted by Gasteiger charge is -2.14. The number of anilines is 1. The molecule has 3 N–H and O–H groups in total. The highest BCUT2D eigenvalue weighted by atomic mass is 32.2. The van der Waals surface area contributed by atoms with Gasteiger partial charge in [0, 0.05) is 47.4 Å². The Morgan fingerprint density at radius 1 is 0.878 bits per heavy atom. The van der Waals surface area contributed by atoms with Gasteiger partial charge in [-0.05, 0) is 47.2 Å². The van der Waals surface area contributed by atoms with Gasteiger partial charge in [0.15, 0.2) is 5.11 Å². The lowest BCUT2D eigenvalue weighted by molar-refractivity contribution is -0.384. The normalized spacial score (nSPS) is 11.2. The lowest BCUT2D eigenvalue weighted by atomic mass is 10.1. The number of nitro benzene ring substituents is 1. The van der Waals surface area contributed by atoms with Crippen LogP contribution in [0, 0.1) is 10.1 Å². The third kappa shape index (κ3) is 6.69. The fraction of sp³-hybridized carbons (Fsp3) is 0.0690. The van der Waals surface area contributed by atoms with Gasteiger partial charge >= 0.3 is 0 Å². The molecule has 5 aromatic rings. The molecular weight excluding hydrogens is 581 g/mol. The van der Waals surface area contributed by atoms with E-state index in [1.165, 1.54) is 12.1 Å². The van der Waals surface area contributed by atoms with Crippen molar-refractivity contribution in [2.45, 2.75) is 4.21 Å². The second-order valence-corrected chi connectivity index (χ2v) is 12.1. The fourth-order valence-corrected chi connectivity index (χ4v) is 6.86. The van der Waals surface area contributed by atoms with E-state index < -0.39 is 14.9 Å². The number of para-hydroxylation sites is 1. The van der Waals surface area contributed by atoms with E-state index in [-0.39, 0.29) is 28.1 Å². The summed E-state index contributed by atoms with van der Waals surface area (Å²) in [6.45, 7) is 0.256. The molecule has 0 amide bonds. The number of nitrogens with one attached hydrogen (secondary N) is 3. The molecule has 0 bridgehead atoms. The minimum atomic E-state index is -3.86. The van der Waals surface area contributed by atoms with Gasteiger partial charge in [0.2, 0.25) is 0 Å². The van der Waals surface area contributed by atoms with Crippen LogP contribution in [0.5, 0.6) is 11.5 Å². The van der Waals surface area contributed by atoms with Gasteiger partial charge in [0.25, 0.3) is 15.7 Å².